The minimum Gasteiger partial charge on any atom is -0.390 e. The van der Waals surface area contributed by atoms with Gasteiger partial charge in [0.15, 0.2) is 11.3 Å². The summed E-state index contributed by atoms with van der Waals surface area (Å²) in [7, 11) is 1.71. The van der Waals surface area contributed by atoms with E-state index in [0.717, 1.165) is 12.8 Å². The molecule has 6 atom stereocenters. The molecule has 1 saturated heterocycles. The third-order valence-electron chi connectivity index (χ3n) is 3.71. The van der Waals surface area contributed by atoms with Crippen molar-refractivity contribution in [2.45, 2.75) is 48.8 Å². The molecular formula is C11H17FN2O3S. The SMILES string of the molecule is CNC1=N[C@@H]2[C@H](F)[C@H](O)[C@@H](C(O)C3CC3)O[C@@H]2S1. The lowest BCUT2D eigenvalue weighted by molar-refractivity contribution is -0.172. The van der Waals surface area contributed by atoms with Crippen molar-refractivity contribution >= 4 is 16.9 Å². The number of ether oxygens (including phenoxy) is 1. The fourth-order valence-corrected chi connectivity index (χ4v) is 3.52. The summed E-state index contributed by atoms with van der Waals surface area (Å²) < 4.78 is 19.8. The topological polar surface area (TPSA) is 74.1 Å². The van der Waals surface area contributed by atoms with Gasteiger partial charge in [-0.1, -0.05) is 11.8 Å². The minimum atomic E-state index is -1.49. The standard InChI is InChI=1S/C11H17FN2O3S/c1-13-11-14-6-5(12)8(16)9(17-10(6)18-11)7(15)4-2-3-4/h4-10,15-16H,2-3H2,1H3,(H,13,14)/t5-,6+,7?,8-,9+,10+/m0/s1. The van der Waals surface area contributed by atoms with Crippen LogP contribution in [0.2, 0.25) is 0 Å². The number of amidine groups is 1. The fourth-order valence-electron chi connectivity index (χ4n) is 2.47. The number of hydrogen-bond donors (Lipinski definition) is 3. The first-order valence-corrected chi connectivity index (χ1v) is 7.07. The number of hydrogen-bond acceptors (Lipinski definition) is 6. The van der Waals surface area contributed by atoms with Crippen LogP contribution in [0.5, 0.6) is 0 Å². The molecule has 2 heterocycles. The van der Waals surface area contributed by atoms with Crippen molar-refractivity contribution in [2.24, 2.45) is 10.9 Å². The number of aliphatic hydroxyl groups is 2. The lowest BCUT2D eigenvalue weighted by Gasteiger charge is -2.39. The van der Waals surface area contributed by atoms with E-state index in [1.54, 1.807) is 7.05 Å². The maximum absolute atomic E-state index is 14.1. The molecule has 0 aromatic rings. The molecule has 2 aliphatic heterocycles. The molecule has 0 spiro atoms. The second-order valence-corrected chi connectivity index (χ2v) is 6.11. The lowest BCUT2D eigenvalue weighted by Crippen LogP contribution is -2.57. The molecule has 3 N–H and O–H groups in total. The molecule has 18 heavy (non-hydrogen) atoms. The number of thioether (sulfide) groups is 1. The van der Waals surface area contributed by atoms with E-state index in [1.807, 2.05) is 0 Å². The van der Waals surface area contributed by atoms with E-state index in [4.69, 9.17) is 4.74 Å². The smallest absolute Gasteiger partial charge is 0.159 e. The molecule has 0 aromatic carbocycles. The van der Waals surface area contributed by atoms with E-state index in [2.05, 4.69) is 10.3 Å². The summed E-state index contributed by atoms with van der Waals surface area (Å²) in [5, 5.41) is 23.4. The molecule has 0 radical (unpaired) electrons. The number of halogens is 1. The average Bonchev–Trinajstić information content (AvgIpc) is 3.13. The van der Waals surface area contributed by atoms with Crippen molar-refractivity contribution in [1.82, 2.24) is 5.32 Å². The van der Waals surface area contributed by atoms with Gasteiger partial charge < -0.3 is 20.3 Å². The predicted molar refractivity (Wildman–Crippen MR) is 66.2 cm³/mol. The van der Waals surface area contributed by atoms with Crippen LogP contribution in [-0.4, -0.2) is 58.4 Å². The molecule has 3 aliphatic rings. The van der Waals surface area contributed by atoms with Gasteiger partial charge in [-0.05, 0) is 18.8 Å². The van der Waals surface area contributed by atoms with E-state index in [9.17, 15) is 14.6 Å². The van der Waals surface area contributed by atoms with Crippen molar-refractivity contribution in [3.8, 4) is 0 Å². The third-order valence-corrected chi connectivity index (χ3v) is 4.86. The lowest BCUT2D eigenvalue weighted by atomic mass is 9.94. The van der Waals surface area contributed by atoms with Gasteiger partial charge in [0.2, 0.25) is 0 Å². The zero-order valence-corrected chi connectivity index (χ0v) is 10.8. The van der Waals surface area contributed by atoms with Crippen LogP contribution >= 0.6 is 11.8 Å². The molecular weight excluding hydrogens is 259 g/mol. The monoisotopic (exact) mass is 276 g/mol. The number of nitrogens with zero attached hydrogens (tertiary/aromatic N) is 1. The van der Waals surface area contributed by atoms with E-state index in [1.165, 1.54) is 11.8 Å². The van der Waals surface area contributed by atoms with E-state index >= 15 is 0 Å². The molecule has 0 bridgehead atoms. The molecule has 102 valence electrons. The summed E-state index contributed by atoms with van der Waals surface area (Å²) in [5.74, 6) is 0.143. The molecule has 0 amide bonds. The van der Waals surface area contributed by atoms with Crippen LogP contribution in [0.25, 0.3) is 0 Å². The van der Waals surface area contributed by atoms with Gasteiger partial charge >= 0.3 is 0 Å². The molecule has 5 nitrogen and oxygen atoms in total. The first kappa shape index (κ1) is 12.7. The Labute approximate surface area is 109 Å². The Morgan fingerprint density at radius 1 is 1.56 bits per heavy atom. The van der Waals surface area contributed by atoms with Gasteiger partial charge in [0.1, 0.15) is 23.7 Å². The highest BCUT2D eigenvalue weighted by Crippen LogP contribution is 2.42. The van der Waals surface area contributed by atoms with Gasteiger partial charge in [0.25, 0.3) is 0 Å². The highest BCUT2D eigenvalue weighted by molar-refractivity contribution is 8.14. The van der Waals surface area contributed by atoms with E-state index in [0.29, 0.717) is 5.17 Å². The molecule has 1 saturated carbocycles. The Balaban J connectivity index is 1.74. The summed E-state index contributed by atoms with van der Waals surface area (Å²) in [5.41, 5.74) is -0.454. The number of nitrogens with one attached hydrogen (secondary N) is 1. The van der Waals surface area contributed by atoms with Crippen LogP contribution in [0.1, 0.15) is 12.8 Å². The molecule has 2 fully saturated rings. The summed E-state index contributed by atoms with van der Waals surface area (Å²) in [6, 6.07) is -0.685. The maximum atomic E-state index is 14.1. The maximum Gasteiger partial charge on any atom is 0.159 e. The van der Waals surface area contributed by atoms with Gasteiger partial charge in [-0.3, -0.25) is 4.99 Å². The van der Waals surface area contributed by atoms with Crippen LogP contribution in [0, 0.1) is 5.92 Å². The van der Waals surface area contributed by atoms with Gasteiger partial charge in [-0.15, -0.1) is 0 Å². The Hall–Kier alpha value is -0.370. The number of alkyl halides is 1. The first-order valence-electron chi connectivity index (χ1n) is 6.19. The van der Waals surface area contributed by atoms with Crippen molar-refractivity contribution in [3.05, 3.63) is 0 Å². The zero-order chi connectivity index (χ0) is 12.9. The zero-order valence-electron chi connectivity index (χ0n) is 9.99. The Bertz CT molecular complexity index is 366. The van der Waals surface area contributed by atoms with Crippen LogP contribution < -0.4 is 5.32 Å². The van der Waals surface area contributed by atoms with Crippen molar-refractivity contribution in [3.63, 3.8) is 0 Å². The van der Waals surface area contributed by atoms with Crippen LogP contribution in [0.4, 0.5) is 4.39 Å². The van der Waals surface area contributed by atoms with Gasteiger partial charge in [0, 0.05) is 7.05 Å². The molecule has 7 heteroatoms. The summed E-state index contributed by atoms with van der Waals surface area (Å²) in [4.78, 5) is 4.14. The van der Waals surface area contributed by atoms with Crippen LogP contribution in [0.15, 0.2) is 4.99 Å². The molecule has 1 aliphatic carbocycles. The second kappa shape index (κ2) is 4.63. The molecule has 0 aromatic heterocycles. The number of aliphatic hydroxyl groups excluding tert-OH is 2. The van der Waals surface area contributed by atoms with Crippen LogP contribution in [-0.2, 0) is 4.74 Å². The van der Waals surface area contributed by atoms with Crippen LogP contribution in [0.3, 0.4) is 0 Å². The predicted octanol–water partition coefficient (Wildman–Crippen LogP) is -0.128. The van der Waals surface area contributed by atoms with Gasteiger partial charge in [0.05, 0.1) is 6.10 Å². The molecule has 1 unspecified atom stereocenters. The van der Waals surface area contributed by atoms with E-state index in [-0.39, 0.29) is 5.92 Å². The third kappa shape index (κ3) is 2.03. The minimum absolute atomic E-state index is 0.143. The van der Waals surface area contributed by atoms with Gasteiger partial charge in [-0.2, -0.15) is 0 Å². The van der Waals surface area contributed by atoms with Crippen molar-refractivity contribution in [1.29, 1.82) is 0 Å². The Kier molecular flexibility index (Phi) is 3.25. The summed E-state index contributed by atoms with van der Waals surface area (Å²) in [6.45, 7) is 0. The van der Waals surface area contributed by atoms with E-state index < -0.39 is 36.0 Å². The average molecular weight is 276 g/mol. The Morgan fingerprint density at radius 2 is 2.28 bits per heavy atom. The second-order valence-electron chi connectivity index (χ2n) is 5.02. The quantitative estimate of drug-likeness (QED) is 0.655. The summed E-state index contributed by atoms with van der Waals surface area (Å²) >= 11 is 1.31. The summed E-state index contributed by atoms with van der Waals surface area (Å²) in [6.07, 6.45) is -2.57. The molecule has 3 rings (SSSR count). The number of aliphatic imine (C=N–C) groups is 1. The fraction of sp³-hybridized carbons (Fsp3) is 0.909. The normalized spacial score (nSPS) is 45.3. The first-order chi connectivity index (χ1) is 8.61. The van der Waals surface area contributed by atoms with Crippen molar-refractivity contribution in [2.75, 3.05) is 7.05 Å². The highest BCUT2D eigenvalue weighted by Gasteiger charge is 2.53. The number of fused-ring (bicyclic) bond motifs is 1. The Morgan fingerprint density at radius 3 is 2.89 bits per heavy atom. The number of rotatable bonds is 2. The largest absolute Gasteiger partial charge is 0.390 e. The van der Waals surface area contributed by atoms with Crippen molar-refractivity contribution < 1.29 is 19.3 Å². The highest BCUT2D eigenvalue weighted by atomic mass is 32.2. The van der Waals surface area contributed by atoms with Gasteiger partial charge in [-0.25, -0.2) is 4.39 Å².